The van der Waals surface area contributed by atoms with Gasteiger partial charge < -0.3 is 20.7 Å². The minimum Gasteiger partial charge on any atom is -0.491 e. The summed E-state index contributed by atoms with van der Waals surface area (Å²) in [7, 11) is 4.07. The fraction of sp³-hybridized carbons (Fsp3) is 0.350. The van der Waals surface area contributed by atoms with E-state index in [4.69, 9.17) is 10.5 Å². The number of nitrogens with one attached hydrogen (secondary N) is 1. The van der Waals surface area contributed by atoms with Crippen molar-refractivity contribution in [3.63, 3.8) is 0 Å². The Labute approximate surface area is 150 Å². The molecule has 0 saturated carbocycles. The van der Waals surface area contributed by atoms with Gasteiger partial charge in [-0.2, -0.15) is 0 Å². The van der Waals surface area contributed by atoms with E-state index in [2.05, 4.69) is 39.5 Å². The molecule has 0 radical (unpaired) electrons. The maximum atomic E-state index is 5.95. The number of hydrogen-bond donors (Lipinski definition) is 2. The summed E-state index contributed by atoms with van der Waals surface area (Å²) >= 11 is 0. The average molecular weight is 340 g/mol. The van der Waals surface area contributed by atoms with E-state index in [1.165, 1.54) is 11.3 Å². The number of anilines is 2. The van der Waals surface area contributed by atoms with Crippen LogP contribution < -0.4 is 20.7 Å². The van der Waals surface area contributed by atoms with E-state index in [0.29, 0.717) is 12.5 Å². The summed E-state index contributed by atoms with van der Waals surface area (Å²) in [5.74, 6) is 1.26. The van der Waals surface area contributed by atoms with Gasteiger partial charge in [0.25, 0.3) is 0 Å². The molecule has 2 aromatic carbocycles. The van der Waals surface area contributed by atoms with Crippen LogP contribution in [-0.2, 0) is 6.42 Å². The molecule has 25 heavy (non-hydrogen) atoms. The van der Waals surface area contributed by atoms with Gasteiger partial charge in [-0.05, 0) is 62.2 Å². The SMILES string of the molecule is CC(C)Oc1ccc(NC(N)=NCCc2ccc(N(C)C)cc2)cc1. The van der Waals surface area contributed by atoms with Crippen LogP contribution in [-0.4, -0.2) is 32.7 Å². The fourth-order valence-corrected chi connectivity index (χ4v) is 2.34. The third-order valence-electron chi connectivity index (χ3n) is 3.63. The van der Waals surface area contributed by atoms with Crippen LogP contribution in [0.5, 0.6) is 5.75 Å². The van der Waals surface area contributed by atoms with Crippen LogP contribution in [0.2, 0.25) is 0 Å². The Morgan fingerprint density at radius 2 is 1.72 bits per heavy atom. The Bertz CT molecular complexity index is 676. The lowest BCUT2D eigenvalue weighted by atomic mass is 10.1. The number of benzene rings is 2. The van der Waals surface area contributed by atoms with Crippen molar-refractivity contribution in [2.45, 2.75) is 26.4 Å². The largest absolute Gasteiger partial charge is 0.491 e. The first-order valence-corrected chi connectivity index (χ1v) is 8.54. The summed E-state index contributed by atoms with van der Waals surface area (Å²) in [4.78, 5) is 6.47. The molecule has 0 spiro atoms. The fourth-order valence-electron chi connectivity index (χ4n) is 2.34. The van der Waals surface area contributed by atoms with Crippen LogP contribution in [0.1, 0.15) is 19.4 Å². The van der Waals surface area contributed by atoms with Gasteiger partial charge in [-0.1, -0.05) is 12.1 Å². The molecule has 2 aromatic rings. The molecule has 0 aliphatic carbocycles. The average Bonchev–Trinajstić information content (AvgIpc) is 2.56. The van der Waals surface area contributed by atoms with E-state index in [0.717, 1.165) is 17.9 Å². The molecule has 3 N–H and O–H groups in total. The number of guanidine groups is 1. The summed E-state index contributed by atoms with van der Waals surface area (Å²) in [5, 5.41) is 3.10. The number of hydrogen-bond acceptors (Lipinski definition) is 3. The van der Waals surface area contributed by atoms with Crippen molar-refractivity contribution >= 4 is 17.3 Å². The van der Waals surface area contributed by atoms with Crippen molar-refractivity contribution < 1.29 is 4.74 Å². The monoisotopic (exact) mass is 340 g/mol. The smallest absolute Gasteiger partial charge is 0.193 e. The van der Waals surface area contributed by atoms with Crippen molar-refractivity contribution in [2.24, 2.45) is 10.7 Å². The van der Waals surface area contributed by atoms with Gasteiger partial charge in [0.15, 0.2) is 5.96 Å². The zero-order chi connectivity index (χ0) is 18.2. The standard InChI is InChI=1S/C20H28N4O/c1-15(2)25-19-11-7-17(8-12-19)23-20(21)22-14-13-16-5-9-18(10-6-16)24(3)4/h5-12,15H,13-14H2,1-4H3,(H3,21,22,23). The molecule has 0 atom stereocenters. The van der Waals surface area contributed by atoms with E-state index < -0.39 is 0 Å². The summed E-state index contributed by atoms with van der Waals surface area (Å²) in [5.41, 5.74) is 9.29. The van der Waals surface area contributed by atoms with E-state index in [1.807, 2.05) is 52.2 Å². The Morgan fingerprint density at radius 3 is 2.28 bits per heavy atom. The predicted octanol–water partition coefficient (Wildman–Crippen LogP) is 3.51. The number of ether oxygens (including phenoxy) is 1. The van der Waals surface area contributed by atoms with Crippen LogP contribution in [0.25, 0.3) is 0 Å². The third kappa shape index (κ3) is 6.37. The topological polar surface area (TPSA) is 62.9 Å². The minimum atomic E-state index is 0.164. The first-order valence-electron chi connectivity index (χ1n) is 8.54. The van der Waals surface area contributed by atoms with Gasteiger partial charge in [0.2, 0.25) is 0 Å². The zero-order valence-electron chi connectivity index (χ0n) is 15.5. The highest BCUT2D eigenvalue weighted by Crippen LogP contribution is 2.16. The van der Waals surface area contributed by atoms with E-state index in [9.17, 15) is 0 Å². The van der Waals surface area contributed by atoms with Crippen LogP contribution in [0.3, 0.4) is 0 Å². The Kier molecular flexibility index (Phi) is 6.69. The van der Waals surface area contributed by atoms with Crippen LogP contribution in [0.4, 0.5) is 11.4 Å². The van der Waals surface area contributed by atoms with Gasteiger partial charge in [0, 0.05) is 32.0 Å². The third-order valence-corrected chi connectivity index (χ3v) is 3.63. The lowest BCUT2D eigenvalue weighted by molar-refractivity contribution is 0.242. The van der Waals surface area contributed by atoms with Gasteiger partial charge in [-0.25, -0.2) is 0 Å². The second-order valence-electron chi connectivity index (χ2n) is 6.39. The molecule has 0 saturated heterocycles. The van der Waals surface area contributed by atoms with Crippen molar-refractivity contribution in [3.8, 4) is 5.75 Å². The Morgan fingerprint density at radius 1 is 1.08 bits per heavy atom. The predicted molar refractivity (Wildman–Crippen MR) is 107 cm³/mol. The maximum Gasteiger partial charge on any atom is 0.193 e. The Balaban J connectivity index is 1.83. The van der Waals surface area contributed by atoms with Gasteiger partial charge in [0.05, 0.1) is 6.10 Å². The first-order chi connectivity index (χ1) is 11.9. The van der Waals surface area contributed by atoms with Gasteiger partial charge in [-0.15, -0.1) is 0 Å². The number of nitrogens with two attached hydrogens (primary N) is 1. The van der Waals surface area contributed by atoms with Gasteiger partial charge >= 0.3 is 0 Å². The molecule has 134 valence electrons. The summed E-state index contributed by atoms with van der Waals surface area (Å²) < 4.78 is 5.62. The van der Waals surface area contributed by atoms with Crippen molar-refractivity contribution in [3.05, 3.63) is 54.1 Å². The molecule has 0 amide bonds. The van der Waals surface area contributed by atoms with Crippen LogP contribution in [0.15, 0.2) is 53.5 Å². The molecule has 0 fully saturated rings. The highest BCUT2D eigenvalue weighted by molar-refractivity contribution is 5.92. The van der Waals surface area contributed by atoms with E-state index >= 15 is 0 Å². The van der Waals surface area contributed by atoms with E-state index in [1.54, 1.807) is 0 Å². The quantitative estimate of drug-likeness (QED) is 0.598. The summed E-state index contributed by atoms with van der Waals surface area (Å²) in [6.45, 7) is 4.66. The molecular weight excluding hydrogens is 312 g/mol. The van der Waals surface area contributed by atoms with Gasteiger partial charge in [-0.3, -0.25) is 4.99 Å². The molecule has 0 heterocycles. The van der Waals surface area contributed by atoms with Crippen molar-refractivity contribution in [2.75, 3.05) is 30.9 Å². The Hall–Kier alpha value is -2.69. The molecule has 0 aliphatic heterocycles. The molecule has 5 nitrogen and oxygen atoms in total. The molecule has 5 heteroatoms. The first kappa shape index (κ1) is 18.6. The molecule has 0 aliphatic rings. The zero-order valence-corrected chi connectivity index (χ0v) is 15.5. The van der Waals surface area contributed by atoms with Crippen molar-refractivity contribution in [1.29, 1.82) is 0 Å². The lowest BCUT2D eigenvalue weighted by Crippen LogP contribution is -2.23. The van der Waals surface area contributed by atoms with E-state index in [-0.39, 0.29) is 6.10 Å². The van der Waals surface area contributed by atoms with Crippen molar-refractivity contribution in [1.82, 2.24) is 0 Å². The van der Waals surface area contributed by atoms with Crippen LogP contribution in [0, 0.1) is 0 Å². The molecule has 0 aromatic heterocycles. The number of nitrogens with zero attached hydrogens (tertiary/aromatic N) is 2. The molecule has 0 unspecified atom stereocenters. The second-order valence-corrected chi connectivity index (χ2v) is 6.39. The lowest BCUT2D eigenvalue weighted by Gasteiger charge is -2.12. The number of aliphatic imine (C=N–C) groups is 1. The van der Waals surface area contributed by atoms with Crippen LogP contribution >= 0.6 is 0 Å². The minimum absolute atomic E-state index is 0.164. The molecular formula is C20H28N4O. The van der Waals surface area contributed by atoms with Gasteiger partial charge in [0.1, 0.15) is 5.75 Å². The summed E-state index contributed by atoms with van der Waals surface area (Å²) in [6, 6.07) is 16.2. The normalized spacial score (nSPS) is 11.5. The summed E-state index contributed by atoms with van der Waals surface area (Å²) in [6.07, 6.45) is 1.02. The highest BCUT2D eigenvalue weighted by Gasteiger charge is 2.00. The highest BCUT2D eigenvalue weighted by atomic mass is 16.5. The second kappa shape index (κ2) is 8.97. The molecule has 0 bridgehead atoms. The maximum absolute atomic E-state index is 5.95. The number of rotatable bonds is 7. The molecule has 2 rings (SSSR count).